The van der Waals surface area contributed by atoms with E-state index in [2.05, 4.69) is 5.32 Å². The number of nitrogens with zero attached hydrogens (tertiary/aromatic N) is 1. The lowest BCUT2D eigenvalue weighted by Crippen LogP contribution is -2.40. The van der Waals surface area contributed by atoms with Crippen molar-refractivity contribution < 1.29 is 27.2 Å². The number of anilines is 1. The fourth-order valence-electron chi connectivity index (χ4n) is 2.75. The molecule has 0 fully saturated rings. The fraction of sp³-hybridized carbons (Fsp3) is 0.562. The number of amides is 1. The van der Waals surface area contributed by atoms with Gasteiger partial charge in [0.1, 0.15) is 12.3 Å². The molecule has 8 nitrogen and oxygen atoms in total. The van der Waals surface area contributed by atoms with Gasteiger partial charge in [-0.1, -0.05) is 0 Å². The van der Waals surface area contributed by atoms with Crippen molar-refractivity contribution in [1.82, 2.24) is 5.32 Å². The third kappa shape index (κ3) is 4.05. The molecule has 0 saturated heterocycles. The summed E-state index contributed by atoms with van der Waals surface area (Å²) >= 11 is 0. The minimum atomic E-state index is -4.61. The Morgan fingerprint density at radius 1 is 1.40 bits per heavy atom. The third-order valence-corrected chi connectivity index (χ3v) is 4.92. The zero-order valence-electron chi connectivity index (χ0n) is 14.8. The zero-order chi connectivity index (χ0) is 18.8. The van der Waals surface area contributed by atoms with Gasteiger partial charge in [0.25, 0.3) is 0 Å². The van der Waals surface area contributed by atoms with Gasteiger partial charge in [0.05, 0.1) is 11.1 Å². The van der Waals surface area contributed by atoms with Crippen LogP contribution in [0.25, 0.3) is 0 Å². The largest absolute Gasteiger partial charge is 0.464 e. The second-order valence-corrected chi connectivity index (χ2v) is 7.58. The Balaban J connectivity index is 2.40. The minimum absolute atomic E-state index is 0.182. The maximum atomic E-state index is 11.8. The lowest BCUT2D eigenvalue weighted by molar-refractivity contribution is -0.119. The van der Waals surface area contributed by atoms with Crippen LogP contribution in [0.3, 0.4) is 0 Å². The third-order valence-electron chi connectivity index (χ3n) is 4.03. The molecule has 1 aromatic rings. The molecule has 0 aromatic heterocycles. The van der Waals surface area contributed by atoms with Crippen LogP contribution in [0.2, 0.25) is 0 Å². The quantitative estimate of drug-likeness (QED) is 0.702. The number of ether oxygens (including phenoxy) is 2. The van der Waals surface area contributed by atoms with Crippen molar-refractivity contribution in [3.63, 3.8) is 0 Å². The number of carbonyl (C=O) groups excluding carboxylic acids is 1. The second-order valence-electron chi connectivity index (χ2n) is 6.25. The summed E-state index contributed by atoms with van der Waals surface area (Å²) in [5.74, 6) is 0.0730. The summed E-state index contributed by atoms with van der Waals surface area (Å²) < 4.78 is 45.0. The van der Waals surface area contributed by atoms with Gasteiger partial charge in [-0.15, -0.1) is 0 Å². The lowest BCUT2D eigenvalue weighted by atomic mass is 9.85. The van der Waals surface area contributed by atoms with Crippen molar-refractivity contribution in [3.8, 4) is 5.75 Å². The van der Waals surface area contributed by atoms with Gasteiger partial charge in [-0.05, 0) is 45.9 Å². The highest BCUT2D eigenvalue weighted by Crippen LogP contribution is 2.44. The fourth-order valence-corrected chi connectivity index (χ4v) is 3.41. The number of fused-ring (bicyclic) bond motifs is 1. The number of nitrogens with one attached hydrogen (secondary N) is 1. The van der Waals surface area contributed by atoms with Crippen LogP contribution < -0.4 is 14.4 Å². The first kappa shape index (κ1) is 19.5. The van der Waals surface area contributed by atoms with Crippen LogP contribution in [0.15, 0.2) is 18.2 Å². The maximum absolute atomic E-state index is 11.8. The van der Waals surface area contributed by atoms with Crippen LogP contribution in [0.5, 0.6) is 5.75 Å². The summed E-state index contributed by atoms with van der Waals surface area (Å²) in [6.45, 7) is 7.75. The molecule has 1 heterocycles. The molecule has 1 atom stereocenters. The summed E-state index contributed by atoms with van der Waals surface area (Å²) in [5.41, 5.74) is 0.409. The molecule has 140 valence electrons. The summed E-state index contributed by atoms with van der Waals surface area (Å²) in [5, 5.41) is 2.51. The molecule has 1 aliphatic rings. The van der Waals surface area contributed by atoms with E-state index in [-0.39, 0.29) is 5.69 Å². The van der Waals surface area contributed by atoms with Gasteiger partial charge in [-0.2, -0.15) is 8.42 Å². The van der Waals surface area contributed by atoms with Crippen LogP contribution >= 0.6 is 0 Å². The Morgan fingerprint density at radius 3 is 2.64 bits per heavy atom. The van der Waals surface area contributed by atoms with Crippen molar-refractivity contribution in [3.05, 3.63) is 23.8 Å². The number of rotatable bonds is 7. The van der Waals surface area contributed by atoms with Crippen LogP contribution in [-0.2, 0) is 25.3 Å². The number of benzene rings is 1. The predicted molar refractivity (Wildman–Crippen MR) is 93.1 cm³/mol. The molecule has 2 N–H and O–H groups in total. The van der Waals surface area contributed by atoms with Crippen LogP contribution in [0.1, 0.15) is 33.3 Å². The van der Waals surface area contributed by atoms with E-state index in [1.807, 2.05) is 20.8 Å². The molecule has 1 aliphatic heterocycles. The van der Waals surface area contributed by atoms with Gasteiger partial charge in [-0.25, -0.2) is 4.31 Å². The van der Waals surface area contributed by atoms with E-state index in [1.54, 1.807) is 19.1 Å². The normalized spacial score (nSPS) is 18.4. The molecule has 1 unspecified atom stereocenters. The molecule has 9 heteroatoms. The number of hydrogen-bond acceptors (Lipinski definition) is 5. The van der Waals surface area contributed by atoms with E-state index in [1.165, 1.54) is 6.07 Å². The first-order chi connectivity index (χ1) is 11.6. The molecule has 2 rings (SSSR count). The Morgan fingerprint density at radius 2 is 2.08 bits per heavy atom. The van der Waals surface area contributed by atoms with Crippen molar-refractivity contribution in [2.24, 2.45) is 0 Å². The highest BCUT2D eigenvalue weighted by molar-refractivity contribution is 7.87. The Bertz CT molecular complexity index is 747. The summed E-state index contributed by atoms with van der Waals surface area (Å²) in [7, 11) is -4.61. The molecule has 0 saturated carbocycles. The molecular weight excluding hydrogens is 348 g/mol. The number of carbonyl (C=O) groups is 1. The SMILES string of the molecule is CCNC(=O)CN(c1ccc2c(c1)C(C)(C)C(OCC)O2)S(=O)(=O)O. The van der Waals surface area contributed by atoms with Crippen LogP contribution in [-0.4, -0.2) is 44.9 Å². The Kier molecular flexibility index (Phi) is 5.60. The zero-order valence-corrected chi connectivity index (χ0v) is 15.6. The molecule has 0 radical (unpaired) electrons. The summed E-state index contributed by atoms with van der Waals surface area (Å²) in [6, 6.07) is 4.69. The molecule has 0 spiro atoms. The topological polar surface area (TPSA) is 105 Å². The van der Waals surface area contributed by atoms with E-state index in [4.69, 9.17) is 9.47 Å². The Hall–Kier alpha value is -1.84. The van der Waals surface area contributed by atoms with E-state index in [0.29, 0.717) is 23.2 Å². The smallest absolute Gasteiger partial charge is 0.360 e. The lowest BCUT2D eigenvalue weighted by Gasteiger charge is -2.26. The van der Waals surface area contributed by atoms with Crippen molar-refractivity contribution in [1.29, 1.82) is 0 Å². The highest BCUT2D eigenvalue weighted by Gasteiger charge is 2.43. The monoisotopic (exact) mass is 372 g/mol. The summed E-state index contributed by atoms with van der Waals surface area (Å²) in [4.78, 5) is 11.8. The van der Waals surface area contributed by atoms with Gasteiger partial charge < -0.3 is 14.8 Å². The van der Waals surface area contributed by atoms with Crippen molar-refractivity contribution in [2.45, 2.75) is 39.4 Å². The highest BCUT2D eigenvalue weighted by atomic mass is 32.2. The van der Waals surface area contributed by atoms with E-state index in [9.17, 15) is 17.8 Å². The first-order valence-electron chi connectivity index (χ1n) is 8.05. The van der Waals surface area contributed by atoms with Gasteiger partial charge in [0.15, 0.2) is 0 Å². The van der Waals surface area contributed by atoms with Gasteiger partial charge in [0.2, 0.25) is 12.2 Å². The number of hydrogen-bond donors (Lipinski definition) is 2. The molecule has 1 amide bonds. The van der Waals surface area contributed by atoms with Crippen molar-refractivity contribution in [2.75, 3.05) is 24.0 Å². The van der Waals surface area contributed by atoms with Crippen molar-refractivity contribution >= 4 is 21.9 Å². The number of likely N-dealkylation sites (N-methyl/N-ethyl adjacent to an activating group) is 1. The average Bonchev–Trinajstić information content (AvgIpc) is 2.75. The maximum Gasteiger partial charge on any atom is 0.360 e. The predicted octanol–water partition coefficient (Wildman–Crippen LogP) is 1.46. The minimum Gasteiger partial charge on any atom is -0.464 e. The van der Waals surface area contributed by atoms with E-state index in [0.717, 1.165) is 5.56 Å². The first-order valence-corrected chi connectivity index (χ1v) is 9.45. The van der Waals surface area contributed by atoms with Crippen LogP contribution in [0.4, 0.5) is 5.69 Å². The molecular formula is C16H24N2O6S. The molecule has 0 aliphatic carbocycles. The van der Waals surface area contributed by atoms with Gasteiger partial charge in [-0.3, -0.25) is 9.35 Å². The summed E-state index contributed by atoms with van der Waals surface area (Å²) in [6.07, 6.45) is -0.495. The van der Waals surface area contributed by atoms with Gasteiger partial charge >= 0.3 is 10.3 Å². The molecule has 25 heavy (non-hydrogen) atoms. The van der Waals surface area contributed by atoms with Crippen LogP contribution in [0, 0.1) is 0 Å². The van der Waals surface area contributed by atoms with Gasteiger partial charge in [0, 0.05) is 18.7 Å². The molecule has 0 bridgehead atoms. The molecule has 1 aromatic carbocycles. The second kappa shape index (κ2) is 7.19. The standard InChI is InChI=1S/C16H24N2O6S/c1-5-17-14(19)10-18(25(20,21)22)11-7-8-13-12(9-11)16(3,4)15(24-13)23-6-2/h7-9,15H,5-6,10H2,1-4H3,(H,17,19)(H,20,21,22). The van der Waals surface area contributed by atoms with E-state index < -0.39 is 34.5 Å². The average molecular weight is 372 g/mol. The van der Waals surface area contributed by atoms with E-state index >= 15 is 0 Å². The Labute approximate surface area is 148 Å².